The molecule has 2 rings (SSSR count). The molecule has 2 heterocycles. The van der Waals surface area contributed by atoms with Gasteiger partial charge < -0.3 is 0 Å². The van der Waals surface area contributed by atoms with E-state index in [-0.39, 0.29) is 0 Å². The van der Waals surface area contributed by atoms with E-state index in [0.29, 0.717) is 0 Å². The Hall–Kier alpha value is -0.970. The van der Waals surface area contributed by atoms with Crippen molar-refractivity contribution in [1.82, 2.24) is 19.7 Å². The number of halogens is 1. The molecular formula is C6H5BrN4. The van der Waals surface area contributed by atoms with Gasteiger partial charge in [-0.05, 0) is 15.9 Å². The molecular weight excluding hydrogens is 208 g/mol. The summed E-state index contributed by atoms with van der Waals surface area (Å²) in [6.45, 7) is 0. The van der Waals surface area contributed by atoms with Gasteiger partial charge in [0.2, 0.25) is 0 Å². The summed E-state index contributed by atoms with van der Waals surface area (Å²) in [6.07, 6.45) is 3.25. The molecule has 0 atom stereocenters. The lowest BCUT2D eigenvalue weighted by molar-refractivity contribution is 0.777. The van der Waals surface area contributed by atoms with Crippen molar-refractivity contribution in [3.8, 4) is 0 Å². The van der Waals surface area contributed by atoms with Crippen molar-refractivity contribution in [3.05, 3.63) is 17.1 Å². The average Bonchev–Trinajstić information content (AvgIpc) is 2.30. The Morgan fingerprint density at radius 1 is 1.55 bits per heavy atom. The van der Waals surface area contributed by atoms with Crippen LogP contribution in [0.25, 0.3) is 11.0 Å². The van der Waals surface area contributed by atoms with E-state index in [4.69, 9.17) is 0 Å². The summed E-state index contributed by atoms with van der Waals surface area (Å²) in [5.41, 5.74) is 0.840. The van der Waals surface area contributed by atoms with Gasteiger partial charge in [0.1, 0.15) is 10.9 Å². The van der Waals surface area contributed by atoms with Gasteiger partial charge in [0.05, 0.1) is 5.39 Å². The molecule has 2 aromatic rings. The van der Waals surface area contributed by atoms with Crippen LogP contribution in [0.3, 0.4) is 0 Å². The maximum atomic E-state index is 4.12. The summed E-state index contributed by atoms with van der Waals surface area (Å²) in [5.74, 6) is 0. The number of nitrogens with zero attached hydrogens (tertiary/aromatic N) is 4. The maximum absolute atomic E-state index is 4.12. The van der Waals surface area contributed by atoms with E-state index in [1.165, 1.54) is 6.33 Å². The molecule has 0 bridgehead atoms. The number of rotatable bonds is 0. The Bertz CT molecular complexity index is 358. The minimum Gasteiger partial charge on any atom is -0.249 e. The quantitative estimate of drug-likeness (QED) is 0.658. The third-order valence-corrected chi connectivity index (χ3v) is 2.04. The standard InChI is InChI=1S/C6H5BrN4/c1-11-6-4(5(7)10-11)2-8-3-9-6/h2-3H,1H3. The van der Waals surface area contributed by atoms with Crippen molar-refractivity contribution in [2.45, 2.75) is 0 Å². The largest absolute Gasteiger partial charge is 0.249 e. The van der Waals surface area contributed by atoms with Gasteiger partial charge in [-0.1, -0.05) is 0 Å². The molecule has 56 valence electrons. The van der Waals surface area contributed by atoms with Crippen LogP contribution in [0.5, 0.6) is 0 Å². The van der Waals surface area contributed by atoms with Gasteiger partial charge in [0, 0.05) is 13.2 Å². The zero-order valence-electron chi connectivity index (χ0n) is 5.82. The molecule has 0 aromatic carbocycles. The topological polar surface area (TPSA) is 43.6 Å². The Kier molecular flexibility index (Phi) is 1.38. The van der Waals surface area contributed by atoms with Crippen LogP contribution in [0, 0.1) is 0 Å². The highest BCUT2D eigenvalue weighted by atomic mass is 79.9. The molecule has 11 heavy (non-hydrogen) atoms. The van der Waals surface area contributed by atoms with Gasteiger partial charge in [-0.15, -0.1) is 0 Å². The number of hydrogen-bond acceptors (Lipinski definition) is 3. The Labute approximate surface area is 71.4 Å². The molecule has 0 radical (unpaired) electrons. The van der Waals surface area contributed by atoms with E-state index in [1.54, 1.807) is 10.9 Å². The second-order valence-corrected chi connectivity index (χ2v) is 2.93. The molecule has 0 saturated carbocycles. The predicted octanol–water partition coefficient (Wildman–Crippen LogP) is 1.13. The lowest BCUT2D eigenvalue weighted by atomic mass is 10.4. The molecule has 4 nitrogen and oxygen atoms in total. The lowest BCUT2D eigenvalue weighted by Crippen LogP contribution is -1.91. The van der Waals surface area contributed by atoms with Crippen LogP contribution in [-0.2, 0) is 7.05 Å². The van der Waals surface area contributed by atoms with Crippen molar-refractivity contribution in [1.29, 1.82) is 0 Å². The highest BCUT2D eigenvalue weighted by Crippen LogP contribution is 2.18. The van der Waals surface area contributed by atoms with Crippen molar-refractivity contribution in [2.75, 3.05) is 0 Å². The first-order valence-corrected chi connectivity index (χ1v) is 3.86. The number of aromatic nitrogens is 4. The van der Waals surface area contributed by atoms with E-state index in [1.807, 2.05) is 7.05 Å². The highest BCUT2D eigenvalue weighted by Gasteiger charge is 2.04. The fourth-order valence-corrected chi connectivity index (χ4v) is 1.48. The summed E-state index contributed by atoms with van der Waals surface area (Å²) in [5, 5.41) is 5.06. The van der Waals surface area contributed by atoms with E-state index in [0.717, 1.165) is 15.6 Å². The summed E-state index contributed by atoms with van der Waals surface area (Å²) in [4.78, 5) is 7.95. The molecule has 0 fully saturated rings. The smallest absolute Gasteiger partial charge is 0.162 e. The van der Waals surface area contributed by atoms with E-state index < -0.39 is 0 Å². The summed E-state index contributed by atoms with van der Waals surface area (Å²) in [6, 6.07) is 0. The molecule has 0 spiro atoms. The van der Waals surface area contributed by atoms with E-state index in [9.17, 15) is 0 Å². The van der Waals surface area contributed by atoms with Crippen LogP contribution in [0.4, 0.5) is 0 Å². The molecule has 0 amide bonds. The fourth-order valence-electron chi connectivity index (χ4n) is 0.959. The molecule has 0 aliphatic rings. The fraction of sp³-hybridized carbons (Fsp3) is 0.167. The second-order valence-electron chi connectivity index (χ2n) is 2.17. The second kappa shape index (κ2) is 2.27. The zero-order valence-corrected chi connectivity index (χ0v) is 7.41. The molecule has 0 N–H and O–H groups in total. The number of aryl methyl sites for hydroxylation is 1. The Morgan fingerprint density at radius 2 is 2.36 bits per heavy atom. The Balaban J connectivity index is 2.95. The maximum Gasteiger partial charge on any atom is 0.162 e. The number of hydrogen-bond donors (Lipinski definition) is 0. The molecule has 0 aliphatic carbocycles. The average molecular weight is 213 g/mol. The predicted molar refractivity (Wildman–Crippen MR) is 44.0 cm³/mol. The monoisotopic (exact) mass is 212 g/mol. The zero-order chi connectivity index (χ0) is 7.84. The molecule has 5 heteroatoms. The van der Waals surface area contributed by atoms with E-state index in [2.05, 4.69) is 31.0 Å². The number of fused-ring (bicyclic) bond motifs is 1. The minimum absolute atomic E-state index is 0.788. The van der Waals surface area contributed by atoms with E-state index >= 15 is 0 Å². The highest BCUT2D eigenvalue weighted by molar-refractivity contribution is 9.10. The third-order valence-electron chi connectivity index (χ3n) is 1.46. The van der Waals surface area contributed by atoms with Crippen molar-refractivity contribution in [3.63, 3.8) is 0 Å². The van der Waals surface area contributed by atoms with Crippen LogP contribution >= 0.6 is 15.9 Å². The van der Waals surface area contributed by atoms with Crippen molar-refractivity contribution in [2.24, 2.45) is 7.05 Å². The molecule has 0 aliphatic heterocycles. The summed E-state index contributed by atoms with van der Waals surface area (Å²) < 4.78 is 2.50. The summed E-state index contributed by atoms with van der Waals surface area (Å²) in [7, 11) is 1.85. The van der Waals surface area contributed by atoms with Gasteiger partial charge in [-0.2, -0.15) is 5.10 Å². The first-order chi connectivity index (χ1) is 5.29. The first-order valence-electron chi connectivity index (χ1n) is 3.07. The lowest BCUT2D eigenvalue weighted by Gasteiger charge is -1.88. The molecule has 0 unspecified atom stereocenters. The van der Waals surface area contributed by atoms with Crippen molar-refractivity contribution < 1.29 is 0 Å². The van der Waals surface area contributed by atoms with Crippen LogP contribution in [0.15, 0.2) is 17.1 Å². The normalized spacial score (nSPS) is 10.7. The summed E-state index contributed by atoms with van der Waals surface area (Å²) >= 11 is 3.31. The van der Waals surface area contributed by atoms with Crippen LogP contribution < -0.4 is 0 Å². The van der Waals surface area contributed by atoms with Crippen LogP contribution in [-0.4, -0.2) is 19.7 Å². The van der Waals surface area contributed by atoms with Gasteiger partial charge in [0.25, 0.3) is 0 Å². The third kappa shape index (κ3) is 0.920. The van der Waals surface area contributed by atoms with Gasteiger partial charge in [0.15, 0.2) is 5.65 Å². The van der Waals surface area contributed by atoms with Crippen LogP contribution in [0.1, 0.15) is 0 Å². The van der Waals surface area contributed by atoms with Gasteiger partial charge >= 0.3 is 0 Å². The Morgan fingerprint density at radius 3 is 3.09 bits per heavy atom. The van der Waals surface area contributed by atoms with Crippen molar-refractivity contribution >= 4 is 27.0 Å². The van der Waals surface area contributed by atoms with Gasteiger partial charge in [-0.3, -0.25) is 0 Å². The minimum atomic E-state index is 0.788. The molecule has 2 aromatic heterocycles. The molecule has 0 saturated heterocycles. The first kappa shape index (κ1) is 6.72. The SMILES string of the molecule is Cn1nc(Br)c2cncnc21. The van der Waals surface area contributed by atoms with Gasteiger partial charge in [-0.25, -0.2) is 14.6 Å². The van der Waals surface area contributed by atoms with Crippen LogP contribution in [0.2, 0.25) is 0 Å².